The molecule has 228 valence electrons. The average Bonchev–Trinajstić information content (AvgIpc) is 3.29. The fourth-order valence-electron chi connectivity index (χ4n) is 8.46. The lowest BCUT2D eigenvalue weighted by atomic mass is 9.45. The van der Waals surface area contributed by atoms with E-state index in [1.165, 1.54) is 12.2 Å². The molecule has 0 radical (unpaired) electrons. The van der Waals surface area contributed by atoms with Crippen LogP contribution in [0.1, 0.15) is 56.3 Å². The molecular weight excluding hydrogens is 581 g/mol. The molecule has 6 rings (SSSR count). The van der Waals surface area contributed by atoms with Crippen molar-refractivity contribution in [1.29, 1.82) is 5.26 Å². The highest BCUT2D eigenvalue weighted by Crippen LogP contribution is 2.70. The maximum Gasteiger partial charge on any atom is 0.339 e. The van der Waals surface area contributed by atoms with Crippen LogP contribution in [-0.2, 0) is 14.3 Å². The van der Waals surface area contributed by atoms with Crippen LogP contribution in [0.15, 0.2) is 78.4 Å². The molecule has 1 N–H and O–H groups in total. The second-order valence-corrected chi connectivity index (χ2v) is 13.6. The van der Waals surface area contributed by atoms with Crippen molar-refractivity contribution in [3.05, 3.63) is 84.0 Å². The Morgan fingerprint density at radius 2 is 1.77 bits per heavy atom. The first-order valence-electron chi connectivity index (χ1n) is 14.9. The van der Waals surface area contributed by atoms with Crippen molar-refractivity contribution in [1.82, 2.24) is 0 Å². The molecule has 4 aliphatic rings. The number of para-hydroxylation sites is 1. The molecule has 0 bridgehead atoms. The Kier molecular flexibility index (Phi) is 7.58. The van der Waals surface area contributed by atoms with Crippen molar-refractivity contribution in [3.8, 4) is 17.6 Å². The summed E-state index contributed by atoms with van der Waals surface area (Å²) in [5.74, 6) is -0.911. The van der Waals surface area contributed by atoms with Gasteiger partial charge in [0.05, 0.1) is 23.5 Å². The Morgan fingerprint density at radius 1 is 1.07 bits per heavy atom. The van der Waals surface area contributed by atoms with Gasteiger partial charge in [0.2, 0.25) is 5.12 Å². The summed E-state index contributed by atoms with van der Waals surface area (Å²) in [6.45, 7) is 3.55. The lowest BCUT2D eigenvalue weighted by Gasteiger charge is -2.62. The number of thioether (sulfide) groups is 1. The minimum Gasteiger partial charge on any atom is -0.457 e. The van der Waals surface area contributed by atoms with Crippen LogP contribution >= 0.6 is 11.8 Å². The summed E-state index contributed by atoms with van der Waals surface area (Å²) in [6, 6.07) is 17.6. The van der Waals surface area contributed by atoms with Gasteiger partial charge in [0.1, 0.15) is 11.5 Å². The number of allylic oxidation sites excluding steroid dienone is 4. The molecule has 0 aromatic heterocycles. The second-order valence-electron chi connectivity index (χ2n) is 12.7. The number of aliphatic hydroxyl groups is 1. The molecule has 0 spiro atoms. The number of nitriles is 1. The van der Waals surface area contributed by atoms with Gasteiger partial charge in [0, 0.05) is 16.7 Å². The lowest BCUT2D eigenvalue weighted by molar-refractivity contribution is -0.214. The Hall–Kier alpha value is -3.74. The maximum absolute atomic E-state index is 17.5. The van der Waals surface area contributed by atoms with E-state index in [9.17, 15) is 24.8 Å². The number of hydrogen-bond acceptors (Lipinski definition) is 8. The number of ketones is 1. The van der Waals surface area contributed by atoms with Crippen LogP contribution in [0.3, 0.4) is 0 Å². The van der Waals surface area contributed by atoms with Crippen molar-refractivity contribution in [2.75, 3.05) is 5.75 Å². The number of halogens is 1. The number of nitrogens with zero attached hydrogens (tertiary/aromatic N) is 1. The number of ether oxygens (including phenoxy) is 2. The van der Waals surface area contributed by atoms with Gasteiger partial charge < -0.3 is 14.6 Å². The van der Waals surface area contributed by atoms with Crippen molar-refractivity contribution in [2.45, 2.75) is 63.3 Å². The SMILES string of the molecule is C[C@]12C=CC(=O)C=C1CCC1C3CC[C@](OC(=O)c4ccc(Oc5ccccc5)cc4)(C(=O)SCC#N)[C@@]3(C)C[C@H](O)C12F. The van der Waals surface area contributed by atoms with Gasteiger partial charge in [0.15, 0.2) is 17.1 Å². The number of hydrogen-bond donors (Lipinski definition) is 1. The van der Waals surface area contributed by atoms with Crippen molar-refractivity contribution < 1.29 is 33.4 Å². The van der Waals surface area contributed by atoms with E-state index in [0.717, 1.165) is 11.8 Å². The summed E-state index contributed by atoms with van der Waals surface area (Å²) >= 11 is 0.785. The van der Waals surface area contributed by atoms with E-state index in [4.69, 9.17) is 9.47 Å². The molecule has 2 aromatic carbocycles. The predicted molar refractivity (Wildman–Crippen MR) is 163 cm³/mol. The van der Waals surface area contributed by atoms with E-state index >= 15 is 4.39 Å². The van der Waals surface area contributed by atoms with Crippen LogP contribution < -0.4 is 4.74 Å². The van der Waals surface area contributed by atoms with Gasteiger partial charge in [0.25, 0.3) is 0 Å². The summed E-state index contributed by atoms with van der Waals surface area (Å²) in [6.07, 6.45) is 4.28. The van der Waals surface area contributed by atoms with E-state index in [2.05, 4.69) is 0 Å². The highest BCUT2D eigenvalue weighted by Gasteiger charge is 2.75. The molecule has 7 nitrogen and oxygen atoms in total. The monoisotopic (exact) mass is 615 g/mol. The van der Waals surface area contributed by atoms with Gasteiger partial charge in [-0.15, -0.1) is 0 Å². The predicted octanol–water partition coefficient (Wildman–Crippen LogP) is 6.53. The third kappa shape index (κ3) is 4.45. The third-order valence-electron chi connectivity index (χ3n) is 10.7. The molecule has 44 heavy (non-hydrogen) atoms. The molecule has 0 amide bonds. The highest BCUT2D eigenvalue weighted by atomic mass is 32.2. The summed E-state index contributed by atoms with van der Waals surface area (Å²) < 4.78 is 29.6. The van der Waals surface area contributed by atoms with Crippen LogP contribution in [0, 0.1) is 34.0 Å². The van der Waals surface area contributed by atoms with E-state index in [-0.39, 0.29) is 35.9 Å². The van der Waals surface area contributed by atoms with Crippen molar-refractivity contribution in [3.63, 3.8) is 0 Å². The molecule has 3 fully saturated rings. The third-order valence-corrected chi connectivity index (χ3v) is 11.6. The summed E-state index contributed by atoms with van der Waals surface area (Å²) in [7, 11) is 0. The maximum atomic E-state index is 17.5. The van der Waals surface area contributed by atoms with Crippen molar-refractivity contribution >= 4 is 28.6 Å². The van der Waals surface area contributed by atoms with Crippen LogP contribution in [-0.4, -0.2) is 45.1 Å². The van der Waals surface area contributed by atoms with Crippen LogP contribution in [0.25, 0.3) is 0 Å². The average molecular weight is 616 g/mol. The highest BCUT2D eigenvalue weighted by molar-refractivity contribution is 8.14. The van der Waals surface area contributed by atoms with Crippen LogP contribution in [0.2, 0.25) is 0 Å². The van der Waals surface area contributed by atoms with Gasteiger partial charge in [-0.25, -0.2) is 9.18 Å². The molecular formula is C35H34FNO6S. The summed E-state index contributed by atoms with van der Waals surface area (Å²) in [4.78, 5) is 39.8. The molecule has 0 saturated heterocycles. The number of fused-ring (bicyclic) bond motifs is 5. The molecule has 3 saturated carbocycles. The van der Waals surface area contributed by atoms with E-state index in [0.29, 0.717) is 36.3 Å². The quantitative estimate of drug-likeness (QED) is 0.365. The van der Waals surface area contributed by atoms with Crippen LogP contribution in [0.5, 0.6) is 11.5 Å². The number of benzene rings is 2. The number of esters is 1. The summed E-state index contributed by atoms with van der Waals surface area (Å²) in [5, 5.41) is 20.5. The number of carbonyl (C=O) groups excluding carboxylic acids is 3. The second kappa shape index (κ2) is 11.0. The Balaban J connectivity index is 1.32. The molecule has 7 atom stereocenters. The zero-order valence-corrected chi connectivity index (χ0v) is 25.4. The Morgan fingerprint density at radius 3 is 2.48 bits per heavy atom. The van der Waals surface area contributed by atoms with Gasteiger partial charge in [-0.3, -0.25) is 9.59 Å². The number of carbonyl (C=O) groups is 3. The molecule has 0 aliphatic heterocycles. The minimum absolute atomic E-state index is 0.120. The first-order valence-corrected chi connectivity index (χ1v) is 15.9. The normalized spacial score (nSPS) is 35.4. The Bertz CT molecular complexity index is 1600. The van der Waals surface area contributed by atoms with E-state index < -0.39 is 45.2 Å². The summed E-state index contributed by atoms with van der Waals surface area (Å²) in [5.41, 5.74) is -5.13. The largest absolute Gasteiger partial charge is 0.457 e. The van der Waals surface area contributed by atoms with Gasteiger partial charge in [-0.05, 0) is 93.5 Å². The first kappa shape index (κ1) is 30.3. The number of rotatable bonds is 6. The molecule has 0 heterocycles. The zero-order chi connectivity index (χ0) is 31.3. The fourth-order valence-corrected chi connectivity index (χ4v) is 9.26. The van der Waals surface area contributed by atoms with Gasteiger partial charge in [-0.1, -0.05) is 48.5 Å². The fraction of sp³-hybridized carbons (Fsp3) is 0.429. The van der Waals surface area contributed by atoms with Gasteiger partial charge in [-0.2, -0.15) is 5.26 Å². The lowest BCUT2D eigenvalue weighted by Crippen LogP contribution is -2.69. The standard InChI is InChI=1S/C35H34FNO6S/c1-32-16-14-24(38)20-23(32)10-13-28-27-15-17-34(31(41)44-19-18-37,33(27,2)21-29(39)35(28,32)36)43-30(40)22-8-11-26(12-9-22)42-25-6-4-3-5-7-25/h3-9,11-12,14,16,20,27-29,39H,10,13,15,17,19,21H2,1-2H3/t27?,28?,29-,32-,33-,34-,35?/m0/s1. The van der Waals surface area contributed by atoms with Gasteiger partial charge >= 0.3 is 5.97 Å². The smallest absolute Gasteiger partial charge is 0.339 e. The molecule has 4 aliphatic carbocycles. The Labute approximate surface area is 260 Å². The van der Waals surface area contributed by atoms with Crippen molar-refractivity contribution in [2.24, 2.45) is 22.7 Å². The molecule has 2 aromatic rings. The minimum atomic E-state index is -2.07. The topological polar surface area (TPSA) is 114 Å². The number of alkyl halides is 1. The molecule has 9 heteroatoms. The zero-order valence-electron chi connectivity index (χ0n) is 24.6. The molecule has 3 unspecified atom stereocenters. The van der Waals surface area contributed by atoms with E-state index in [1.807, 2.05) is 43.3 Å². The van der Waals surface area contributed by atoms with E-state index in [1.54, 1.807) is 37.3 Å². The number of aliphatic hydroxyl groups excluding tert-OH is 1. The van der Waals surface area contributed by atoms with Crippen LogP contribution in [0.4, 0.5) is 4.39 Å². The first-order chi connectivity index (χ1) is 21.0.